The molecule has 0 aliphatic carbocycles. The van der Waals surface area contributed by atoms with E-state index in [-0.39, 0.29) is 6.03 Å². The Balaban J connectivity index is 1.19. The van der Waals surface area contributed by atoms with Gasteiger partial charge in [-0.2, -0.15) is 5.10 Å². The zero-order chi connectivity index (χ0) is 26.1. The molecule has 1 aliphatic rings. The van der Waals surface area contributed by atoms with Gasteiger partial charge in [0.1, 0.15) is 30.0 Å². The van der Waals surface area contributed by atoms with Crippen LogP contribution in [0.4, 0.5) is 22.0 Å². The lowest BCUT2D eigenvalue weighted by Crippen LogP contribution is -2.48. The second-order valence-electron chi connectivity index (χ2n) is 9.31. The first-order valence-corrected chi connectivity index (χ1v) is 12.4. The van der Waals surface area contributed by atoms with E-state index in [1.807, 2.05) is 66.6 Å². The first kappa shape index (κ1) is 23.6. The van der Waals surface area contributed by atoms with Crippen LogP contribution in [0.2, 0.25) is 0 Å². The van der Waals surface area contributed by atoms with Crippen molar-refractivity contribution >= 4 is 39.8 Å². The van der Waals surface area contributed by atoms with Gasteiger partial charge in [-0.3, -0.25) is 0 Å². The van der Waals surface area contributed by atoms with Gasteiger partial charge in [0.05, 0.1) is 5.52 Å². The SMILES string of the molecule is Cc1cc(Nc2ncnc3ccc(NC(=O)N4CCN(C)CC4)cc23)ccc1Oc1ccn2ncnc2c1. The third-order valence-electron chi connectivity index (χ3n) is 6.59. The molecule has 0 unspecified atom stereocenters. The third kappa shape index (κ3) is 4.91. The predicted molar refractivity (Wildman–Crippen MR) is 145 cm³/mol. The van der Waals surface area contributed by atoms with Crippen LogP contribution in [0.25, 0.3) is 16.6 Å². The summed E-state index contributed by atoms with van der Waals surface area (Å²) in [7, 11) is 2.06. The number of urea groups is 1. The summed E-state index contributed by atoms with van der Waals surface area (Å²) >= 11 is 0. The number of anilines is 3. The van der Waals surface area contributed by atoms with Gasteiger partial charge in [-0.05, 0) is 62.0 Å². The van der Waals surface area contributed by atoms with E-state index in [4.69, 9.17) is 4.74 Å². The first-order valence-electron chi connectivity index (χ1n) is 12.4. The summed E-state index contributed by atoms with van der Waals surface area (Å²) in [6, 6.07) is 15.1. The predicted octanol–water partition coefficient (Wildman–Crippen LogP) is 4.30. The average molecular weight is 510 g/mol. The topological polar surface area (TPSA) is 113 Å². The van der Waals surface area contributed by atoms with E-state index in [1.165, 1.54) is 12.7 Å². The zero-order valence-corrected chi connectivity index (χ0v) is 21.1. The fourth-order valence-corrected chi connectivity index (χ4v) is 4.41. The van der Waals surface area contributed by atoms with Crippen molar-refractivity contribution in [2.75, 3.05) is 43.9 Å². The maximum absolute atomic E-state index is 12.8. The van der Waals surface area contributed by atoms with E-state index in [1.54, 1.807) is 4.52 Å². The number of aryl methyl sites for hydroxylation is 1. The normalized spacial score (nSPS) is 14.1. The monoisotopic (exact) mass is 509 g/mol. The number of piperazine rings is 1. The smallest absolute Gasteiger partial charge is 0.321 e. The van der Waals surface area contributed by atoms with Crippen molar-refractivity contribution < 1.29 is 9.53 Å². The number of likely N-dealkylation sites (N-methyl/N-ethyl adjacent to an activating group) is 1. The molecule has 11 nitrogen and oxygen atoms in total. The summed E-state index contributed by atoms with van der Waals surface area (Å²) in [6.45, 7) is 5.14. The summed E-state index contributed by atoms with van der Waals surface area (Å²) in [6.07, 6.45) is 4.84. The van der Waals surface area contributed by atoms with Crippen LogP contribution in [0.3, 0.4) is 0 Å². The number of benzene rings is 2. The van der Waals surface area contributed by atoms with Gasteiger partial charge in [-0.15, -0.1) is 0 Å². The highest BCUT2D eigenvalue weighted by Crippen LogP contribution is 2.31. The van der Waals surface area contributed by atoms with Crippen molar-refractivity contribution in [1.82, 2.24) is 34.4 Å². The van der Waals surface area contributed by atoms with Crippen molar-refractivity contribution in [3.05, 3.63) is 72.9 Å². The van der Waals surface area contributed by atoms with E-state index in [0.717, 1.165) is 41.0 Å². The van der Waals surface area contributed by atoms with Gasteiger partial charge in [-0.25, -0.2) is 24.3 Å². The molecule has 1 saturated heterocycles. The van der Waals surface area contributed by atoms with Crippen LogP contribution < -0.4 is 15.4 Å². The Morgan fingerprint density at radius 1 is 0.921 bits per heavy atom. The highest BCUT2D eigenvalue weighted by atomic mass is 16.5. The van der Waals surface area contributed by atoms with E-state index >= 15 is 0 Å². The zero-order valence-electron chi connectivity index (χ0n) is 21.1. The number of amides is 2. The van der Waals surface area contributed by atoms with Crippen molar-refractivity contribution in [1.29, 1.82) is 0 Å². The van der Waals surface area contributed by atoms with Crippen LogP contribution in [-0.2, 0) is 0 Å². The van der Waals surface area contributed by atoms with Gasteiger partial charge in [-0.1, -0.05) is 0 Å². The molecule has 0 radical (unpaired) electrons. The van der Waals surface area contributed by atoms with Gasteiger partial charge >= 0.3 is 6.03 Å². The molecule has 0 bridgehead atoms. The summed E-state index contributed by atoms with van der Waals surface area (Å²) in [5.74, 6) is 2.07. The summed E-state index contributed by atoms with van der Waals surface area (Å²) in [5, 5.41) is 11.3. The molecule has 1 fully saturated rings. The number of hydrogen-bond acceptors (Lipinski definition) is 8. The second-order valence-corrected chi connectivity index (χ2v) is 9.31. The molecule has 11 heteroatoms. The van der Waals surface area contributed by atoms with Gasteiger partial charge in [0.25, 0.3) is 0 Å². The summed E-state index contributed by atoms with van der Waals surface area (Å²) in [5.41, 5.74) is 4.00. The number of carbonyl (C=O) groups is 1. The van der Waals surface area contributed by atoms with Crippen molar-refractivity contribution in [2.24, 2.45) is 0 Å². The first-order chi connectivity index (χ1) is 18.5. The largest absolute Gasteiger partial charge is 0.457 e. The van der Waals surface area contributed by atoms with Crippen LogP contribution in [-0.4, -0.2) is 73.6 Å². The number of aromatic nitrogens is 5. The van der Waals surface area contributed by atoms with Crippen molar-refractivity contribution in [2.45, 2.75) is 6.92 Å². The van der Waals surface area contributed by atoms with Gasteiger partial charge in [0.2, 0.25) is 0 Å². The molecule has 192 valence electrons. The Morgan fingerprint density at radius 3 is 2.61 bits per heavy atom. The van der Waals surface area contributed by atoms with Crippen LogP contribution in [0.15, 0.2) is 67.4 Å². The number of fused-ring (bicyclic) bond motifs is 2. The fourth-order valence-electron chi connectivity index (χ4n) is 4.41. The van der Waals surface area contributed by atoms with E-state index < -0.39 is 0 Å². The van der Waals surface area contributed by atoms with E-state index in [0.29, 0.717) is 36.0 Å². The number of nitrogens with zero attached hydrogens (tertiary/aromatic N) is 7. The Hall–Kier alpha value is -4.77. The second kappa shape index (κ2) is 9.94. The van der Waals surface area contributed by atoms with Gasteiger partial charge in [0, 0.05) is 55.2 Å². The lowest BCUT2D eigenvalue weighted by atomic mass is 10.1. The Morgan fingerprint density at radius 2 is 1.76 bits per heavy atom. The Labute approximate surface area is 219 Å². The van der Waals surface area contributed by atoms with E-state index in [9.17, 15) is 4.79 Å². The van der Waals surface area contributed by atoms with E-state index in [2.05, 4.69) is 42.6 Å². The van der Waals surface area contributed by atoms with Crippen molar-refractivity contribution in [3.8, 4) is 11.5 Å². The molecule has 3 aromatic heterocycles. The van der Waals surface area contributed by atoms with Crippen LogP contribution in [0.1, 0.15) is 5.56 Å². The third-order valence-corrected chi connectivity index (χ3v) is 6.59. The average Bonchev–Trinajstić information content (AvgIpc) is 3.39. The quantitative estimate of drug-likeness (QED) is 0.361. The Kier molecular flexibility index (Phi) is 6.18. The fraction of sp³-hybridized carbons (Fsp3) is 0.222. The molecule has 1 aliphatic heterocycles. The number of hydrogen-bond donors (Lipinski definition) is 2. The standard InChI is InChI=1S/C27H27N9O2/c1-18-13-19(4-6-24(18)38-21-7-8-36-25(15-21)29-17-31-36)32-26-22-14-20(3-5-23(22)28-16-30-26)33-27(37)35-11-9-34(2)10-12-35/h3-8,13-17H,9-12H2,1-2H3,(H,33,37)(H,28,30,32). The minimum atomic E-state index is -0.0989. The van der Waals surface area contributed by atoms with Crippen LogP contribution in [0, 0.1) is 6.92 Å². The molecule has 2 aromatic carbocycles. The number of ether oxygens (including phenoxy) is 1. The summed E-state index contributed by atoms with van der Waals surface area (Å²) in [4.78, 5) is 29.9. The minimum Gasteiger partial charge on any atom is -0.457 e. The van der Waals surface area contributed by atoms with Crippen molar-refractivity contribution in [3.63, 3.8) is 0 Å². The molecule has 6 rings (SSSR count). The molecule has 2 N–H and O–H groups in total. The highest BCUT2D eigenvalue weighted by Gasteiger charge is 2.19. The van der Waals surface area contributed by atoms with Gasteiger partial charge < -0.3 is 25.2 Å². The summed E-state index contributed by atoms with van der Waals surface area (Å²) < 4.78 is 7.77. The van der Waals surface area contributed by atoms with Crippen LogP contribution >= 0.6 is 0 Å². The Bertz CT molecular complexity index is 1630. The molecular weight excluding hydrogens is 482 g/mol. The molecule has 2 amide bonds. The lowest BCUT2D eigenvalue weighted by molar-refractivity contribution is 0.164. The number of pyridine rings is 1. The molecule has 0 atom stereocenters. The van der Waals surface area contributed by atoms with Gasteiger partial charge in [0.15, 0.2) is 5.65 Å². The molecule has 4 heterocycles. The van der Waals surface area contributed by atoms with Crippen LogP contribution in [0.5, 0.6) is 11.5 Å². The maximum Gasteiger partial charge on any atom is 0.321 e. The maximum atomic E-state index is 12.8. The molecule has 0 spiro atoms. The highest BCUT2D eigenvalue weighted by molar-refractivity contribution is 5.96. The number of nitrogens with one attached hydrogen (secondary N) is 2. The molecule has 0 saturated carbocycles. The lowest BCUT2D eigenvalue weighted by Gasteiger charge is -2.32. The number of carbonyl (C=O) groups excluding carboxylic acids is 1. The number of rotatable bonds is 5. The molecule has 5 aromatic rings. The minimum absolute atomic E-state index is 0.0989. The molecule has 38 heavy (non-hydrogen) atoms. The molecular formula is C27H27N9O2.